The number of carbonyl (C=O) groups is 2. The van der Waals surface area contributed by atoms with E-state index >= 15 is 0 Å². The fourth-order valence-electron chi connectivity index (χ4n) is 2.91. The second kappa shape index (κ2) is 8.09. The molecule has 0 spiro atoms. The molecule has 2 N–H and O–H groups in total. The number of carbonyl (C=O) groups excluding carboxylic acids is 1. The normalized spacial score (nSPS) is 18.3. The molecule has 138 valence electrons. The maximum Gasteiger partial charge on any atom is 0.326 e. The Morgan fingerprint density at radius 3 is 2.77 bits per heavy atom. The van der Waals surface area contributed by atoms with Crippen molar-refractivity contribution in [2.45, 2.75) is 25.3 Å². The van der Waals surface area contributed by atoms with Gasteiger partial charge in [-0.25, -0.2) is 14.2 Å². The Morgan fingerprint density at radius 2 is 2.12 bits per heavy atom. The number of ether oxygens (including phenoxy) is 1. The Labute approximate surface area is 149 Å². The Hall–Kier alpha value is -2.74. The van der Waals surface area contributed by atoms with Gasteiger partial charge in [0.05, 0.1) is 18.7 Å². The van der Waals surface area contributed by atoms with Crippen molar-refractivity contribution in [2.24, 2.45) is 5.92 Å². The molecule has 26 heavy (non-hydrogen) atoms. The van der Waals surface area contributed by atoms with Crippen LogP contribution in [0, 0.1) is 11.7 Å². The third-order valence-electron chi connectivity index (χ3n) is 4.23. The van der Waals surface area contributed by atoms with Crippen molar-refractivity contribution in [3.8, 4) is 11.5 Å². The standard InChI is InChI=1S/C18H19FN2O5/c19-13-5-3-11(4-6-13)17-20-14(10-26-17)8-15(22)21-16(18(23)24)12-2-1-7-25-9-12/h3-6,10,12,16H,1-2,7-9H2,(H,21,22)(H,23,24). The molecule has 1 fully saturated rings. The number of carboxylic acids is 1. The molecule has 2 heterocycles. The van der Waals surface area contributed by atoms with Crippen molar-refractivity contribution in [2.75, 3.05) is 13.2 Å². The van der Waals surface area contributed by atoms with Crippen LogP contribution in [0.3, 0.4) is 0 Å². The minimum absolute atomic E-state index is 0.109. The molecule has 1 aliphatic heterocycles. The maximum absolute atomic E-state index is 13.0. The van der Waals surface area contributed by atoms with E-state index in [0.717, 1.165) is 6.42 Å². The molecule has 3 rings (SSSR count). The summed E-state index contributed by atoms with van der Waals surface area (Å²) in [5.41, 5.74) is 0.951. The summed E-state index contributed by atoms with van der Waals surface area (Å²) in [6.07, 6.45) is 2.68. The first-order valence-electron chi connectivity index (χ1n) is 8.33. The van der Waals surface area contributed by atoms with Crippen LogP contribution in [0.2, 0.25) is 0 Å². The summed E-state index contributed by atoms with van der Waals surface area (Å²) in [5, 5.41) is 11.9. The Morgan fingerprint density at radius 1 is 1.35 bits per heavy atom. The minimum atomic E-state index is -1.08. The lowest BCUT2D eigenvalue weighted by atomic mass is 9.93. The van der Waals surface area contributed by atoms with E-state index in [1.807, 2.05) is 0 Å². The first-order valence-corrected chi connectivity index (χ1v) is 8.33. The Bertz CT molecular complexity index is 768. The SMILES string of the molecule is O=C(Cc1coc(-c2ccc(F)cc2)n1)NC(C(=O)O)C1CCCOC1. The summed E-state index contributed by atoms with van der Waals surface area (Å²) >= 11 is 0. The van der Waals surface area contributed by atoms with Gasteiger partial charge < -0.3 is 19.6 Å². The average Bonchev–Trinajstić information content (AvgIpc) is 3.09. The molecular formula is C18H19FN2O5. The van der Waals surface area contributed by atoms with E-state index < -0.39 is 17.9 Å². The highest BCUT2D eigenvalue weighted by molar-refractivity contribution is 5.84. The Balaban J connectivity index is 1.62. The van der Waals surface area contributed by atoms with E-state index in [9.17, 15) is 19.1 Å². The van der Waals surface area contributed by atoms with Crippen LogP contribution in [-0.2, 0) is 20.7 Å². The highest BCUT2D eigenvalue weighted by Crippen LogP contribution is 2.20. The van der Waals surface area contributed by atoms with Crippen molar-refractivity contribution in [3.05, 3.63) is 42.0 Å². The first-order chi connectivity index (χ1) is 12.5. The lowest BCUT2D eigenvalue weighted by molar-refractivity contribution is -0.145. The van der Waals surface area contributed by atoms with Crippen molar-refractivity contribution >= 4 is 11.9 Å². The number of nitrogens with zero attached hydrogens (tertiary/aromatic N) is 1. The number of halogens is 1. The van der Waals surface area contributed by atoms with Crippen LogP contribution >= 0.6 is 0 Å². The summed E-state index contributed by atoms with van der Waals surface area (Å²) < 4.78 is 23.6. The van der Waals surface area contributed by atoms with Gasteiger partial charge in [0.25, 0.3) is 0 Å². The van der Waals surface area contributed by atoms with Gasteiger partial charge in [-0.2, -0.15) is 0 Å². The molecule has 7 nitrogen and oxygen atoms in total. The molecule has 1 saturated heterocycles. The third-order valence-corrected chi connectivity index (χ3v) is 4.23. The number of hydrogen-bond acceptors (Lipinski definition) is 5. The van der Waals surface area contributed by atoms with Crippen LogP contribution in [0.25, 0.3) is 11.5 Å². The summed E-state index contributed by atoms with van der Waals surface area (Å²) in [6.45, 7) is 0.928. The molecule has 2 atom stereocenters. The van der Waals surface area contributed by atoms with Gasteiger partial charge in [-0.05, 0) is 37.1 Å². The summed E-state index contributed by atoms with van der Waals surface area (Å²) in [5.74, 6) is -1.89. The highest BCUT2D eigenvalue weighted by Gasteiger charge is 2.31. The second-order valence-electron chi connectivity index (χ2n) is 6.19. The zero-order valence-electron chi connectivity index (χ0n) is 14.0. The number of rotatable bonds is 6. The van der Waals surface area contributed by atoms with Crippen LogP contribution in [0.4, 0.5) is 4.39 Å². The van der Waals surface area contributed by atoms with Gasteiger partial charge in [0, 0.05) is 18.1 Å². The van der Waals surface area contributed by atoms with Crippen molar-refractivity contribution in [1.29, 1.82) is 0 Å². The fraction of sp³-hybridized carbons (Fsp3) is 0.389. The van der Waals surface area contributed by atoms with Crippen LogP contribution in [0.5, 0.6) is 0 Å². The first kappa shape index (κ1) is 18.1. The molecule has 8 heteroatoms. The number of benzene rings is 1. The zero-order valence-corrected chi connectivity index (χ0v) is 14.0. The number of oxazole rings is 1. The predicted octanol–water partition coefficient (Wildman–Crippen LogP) is 2.02. The van der Waals surface area contributed by atoms with Crippen molar-refractivity contribution in [1.82, 2.24) is 10.3 Å². The number of aliphatic carboxylic acids is 1. The number of amides is 1. The Kier molecular flexibility index (Phi) is 5.62. The molecule has 0 radical (unpaired) electrons. The smallest absolute Gasteiger partial charge is 0.326 e. The van der Waals surface area contributed by atoms with E-state index in [0.29, 0.717) is 30.9 Å². The van der Waals surface area contributed by atoms with Crippen LogP contribution in [-0.4, -0.2) is 41.2 Å². The van der Waals surface area contributed by atoms with Crippen LogP contribution in [0.15, 0.2) is 34.9 Å². The second-order valence-corrected chi connectivity index (χ2v) is 6.19. The monoisotopic (exact) mass is 362 g/mol. The number of aromatic nitrogens is 1. The largest absolute Gasteiger partial charge is 0.480 e. The average molecular weight is 362 g/mol. The molecule has 1 aromatic carbocycles. The van der Waals surface area contributed by atoms with Crippen LogP contribution < -0.4 is 5.32 Å². The van der Waals surface area contributed by atoms with Gasteiger partial charge in [-0.15, -0.1) is 0 Å². The van der Waals surface area contributed by atoms with Gasteiger partial charge in [-0.3, -0.25) is 4.79 Å². The molecule has 0 aliphatic carbocycles. The quantitative estimate of drug-likeness (QED) is 0.815. The van der Waals surface area contributed by atoms with Gasteiger partial charge in [0.15, 0.2) is 0 Å². The topological polar surface area (TPSA) is 102 Å². The summed E-state index contributed by atoms with van der Waals surface area (Å²) in [6, 6.07) is 4.63. The van der Waals surface area contributed by atoms with Gasteiger partial charge >= 0.3 is 5.97 Å². The molecule has 2 aromatic rings. The predicted molar refractivity (Wildman–Crippen MR) is 88.7 cm³/mol. The highest BCUT2D eigenvalue weighted by atomic mass is 19.1. The lowest BCUT2D eigenvalue weighted by Gasteiger charge is -2.28. The van der Waals surface area contributed by atoms with Gasteiger partial charge in [-0.1, -0.05) is 0 Å². The molecular weight excluding hydrogens is 343 g/mol. The van der Waals surface area contributed by atoms with Gasteiger partial charge in [0.1, 0.15) is 18.1 Å². The minimum Gasteiger partial charge on any atom is -0.480 e. The third kappa shape index (κ3) is 4.45. The van der Waals surface area contributed by atoms with E-state index in [1.54, 1.807) is 0 Å². The summed E-state index contributed by atoms with van der Waals surface area (Å²) in [7, 11) is 0. The fourth-order valence-corrected chi connectivity index (χ4v) is 2.91. The van der Waals surface area contributed by atoms with Gasteiger partial charge in [0.2, 0.25) is 11.8 Å². The van der Waals surface area contributed by atoms with E-state index in [2.05, 4.69) is 10.3 Å². The number of hydrogen-bond donors (Lipinski definition) is 2. The number of nitrogens with one attached hydrogen (secondary N) is 1. The van der Waals surface area contributed by atoms with Crippen molar-refractivity contribution < 1.29 is 28.2 Å². The van der Waals surface area contributed by atoms with E-state index in [4.69, 9.17) is 9.15 Å². The zero-order chi connectivity index (χ0) is 18.5. The molecule has 0 saturated carbocycles. The van der Waals surface area contributed by atoms with Crippen LogP contribution in [0.1, 0.15) is 18.5 Å². The number of carboxylic acid groups (broad SMARTS) is 1. The molecule has 1 amide bonds. The molecule has 1 aliphatic rings. The van der Waals surface area contributed by atoms with Crippen molar-refractivity contribution in [3.63, 3.8) is 0 Å². The summed E-state index contributed by atoms with van der Waals surface area (Å²) in [4.78, 5) is 27.9. The molecule has 1 aromatic heterocycles. The molecule has 2 unspecified atom stereocenters. The lowest BCUT2D eigenvalue weighted by Crippen LogP contribution is -2.48. The molecule has 0 bridgehead atoms. The van der Waals surface area contributed by atoms with E-state index in [-0.39, 0.29) is 24.0 Å². The van der Waals surface area contributed by atoms with E-state index in [1.165, 1.54) is 30.5 Å². The maximum atomic E-state index is 13.0.